The van der Waals surface area contributed by atoms with E-state index in [0.717, 1.165) is 33.2 Å². The first-order valence-corrected chi connectivity index (χ1v) is 18.1. The van der Waals surface area contributed by atoms with E-state index >= 15 is 0 Å². The van der Waals surface area contributed by atoms with Crippen LogP contribution in [0.4, 0.5) is 0 Å². The molecule has 2 aliphatic rings. The highest BCUT2D eigenvalue weighted by atomic mass is 15.0. The van der Waals surface area contributed by atoms with Crippen LogP contribution >= 0.6 is 0 Å². The second kappa shape index (κ2) is 11.5. The summed E-state index contributed by atoms with van der Waals surface area (Å²) in [4.78, 5) is 15.2. The van der Waals surface area contributed by atoms with Crippen LogP contribution in [0.15, 0.2) is 188 Å². The summed E-state index contributed by atoms with van der Waals surface area (Å²) < 4.78 is 0. The van der Waals surface area contributed by atoms with Gasteiger partial charge >= 0.3 is 0 Å². The van der Waals surface area contributed by atoms with Crippen LogP contribution in [0.2, 0.25) is 0 Å². The number of nitrogens with zero attached hydrogens (tertiary/aromatic N) is 3. The largest absolute Gasteiger partial charge is 0.208 e. The first-order chi connectivity index (χ1) is 26.3. The Labute approximate surface area is 308 Å². The topological polar surface area (TPSA) is 38.7 Å². The van der Waals surface area contributed by atoms with Crippen molar-refractivity contribution in [2.24, 2.45) is 0 Å². The molecule has 11 rings (SSSR count). The number of benzene rings is 8. The van der Waals surface area contributed by atoms with Crippen LogP contribution in [0.5, 0.6) is 0 Å². The van der Waals surface area contributed by atoms with Crippen LogP contribution in [0, 0.1) is 0 Å². The molecule has 0 fully saturated rings. The Morgan fingerprint density at radius 2 is 0.717 bits per heavy atom. The maximum atomic E-state index is 5.11. The van der Waals surface area contributed by atoms with Crippen LogP contribution in [-0.2, 0) is 5.41 Å². The van der Waals surface area contributed by atoms with Crippen molar-refractivity contribution >= 4 is 10.8 Å². The molecule has 53 heavy (non-hydrogen) atoms. The van der Waals surface area contributed by atoms with Crippen molar-refractivity contribution in [3.8, 4) is 67.5 Å². The molecule has 1 spiro atoms. The standard InChI is InChI=1S/C50H31N3/c1-2-14-33(15-3-1)47-51-48(53-49(52-47)38-26-25-32-13-4-5-16-34(32)29-38)37-18-12-17-35(30-37)36-27-28-42-41-21-8-11-24-45(41)50(46(42)31-36)43-22-9-6-19-39(43)40-20-7-10-23-44(40)50/h1-31H. The summed E-state index contributed by atoms with van der Waals surface area (Å²) in [5, 5.41) is 2.34. The second-order valence-corrected chi connectivity index (χ2v) is 14.0. The van der Waals surface area contributed by atoms with Crippen molar-refractivity contribution in [3.63, 3.8) is 0 Å². The van der Waals surface area contributed by atoms with E-state index in [1.165, 1.54) is 49.9 Å². The highest BCUT2D eigenvalue weighted by molar-refractivity contribution is 5.96. The Bertz CT molecular complexity index is 2840. The number of rotatable bonds is 4. The highest BCUT2D eigenvalue weighted by Crippen LogP contribution is 2.63. The van der Waals surface area contributed by atoms with Gasteiger partial charge in [0.1, 0.15) is 0 Å². The van der Waals surface area contributed by atoms with Gasteiger partial charge in [-0.1, -0.05) is 170 Å². The molecule has 9 aromatic rings. The van der Waals surface area contributed by atoms with E-state index in [9.17, 15) is 0 Å². The van der Waals surface area contributed by atoms with Crippen LogP contribution in [0.25, 0.3) is 78.3 Å². The molecule has 1 heterocycles. The molecule has 3 heteroatoms. The lowest BCUT2D eigenvalue weighted by Gasteiger charge is -2.30. The maximum absolute atomic E-state index is 5.11. The van der Waals surface area contributed by atoms with Gasteiger partial charge in [0.05, 0.1) is 5.41 Å². The van der Waals surface area contributed by atoms with E-state index in [1.54, 1.807) is 0 Å². The van der Waals surface area contributed by atoms with Crippen LogP contribution in [0.1, 0.15) is 22.3 Å². The fourth-order valence-corrected chi connectivity index (χ4v) is 8.79. The zero-order valence-corrected chi connectivity index (χ0v) is 28.7. The van der Waals surface area contributed by atoms with Gasteiger partial charge in [0, 0.05) is 16.7 Å². The van der Waals surface area contributed by atoms with Gasteiger partial charge in [-0.25, -0.2) is 15.0 Å². The Morgan fingerprint density at radius 1 is 0.264 bits per heavy atom. The Morgan fingerprint density at radius 3 is 1.38 bits per heavy atom. The van der Waals surface area contributed by atoms with Crippen molar-refractivity contribution in [3.05, 3.63) is 210 Å². The van der Waals surface area contributed by atoms with Crippen molar-refractivity contribution in [2.75, 3.05) is 0 Å². The van der Waals surface area contributed by atoms with E-state index in [1.807, 2.05) is 18.2 Å². The van der Waals surface area contributed by atoms with Gasteiger partial charge < -0.3 is 0 Å². The smallest absolute Gasteiger partial charge is 0.164 e. The quantitative estimate of drug-likeness (QED) is 0.187. The molecule has 0 N–H and O–H groups in total. The first-order valence-electron chi connectivity index (χ1n) is 18.1. The molecule has 0 bridgehead atoms. The molecule has 8 aromatic carbocycles. The van der Waals surface area contributed by atoms with E-state index in [2.05, 4.69) is 170 Å². The molecule has 0 saturated heterocycles. The molecule has 246 valence electrons. The SMILES string of the molecule is c1ccc(-c2nc(-c3cccc(-c4ccc5c(c4)C4(c6ccccc6-c6ccccc64)c4ccccc4-5)c3)nc(-c3ccc4ccccc4c3)n2)cc1. The fourth-order valence-electron chi connectivity index (χ4n) is 8.79. The molecule has 0 saturated carbocycles. The monoisotopic (exact) mass is 673 g/mol. The lowest BCUT2D eigenvalue weighted by Crippen LogP contribution is -2.25. The number of hydrogen-bond donors (Lipinski definition) is 0. The Kier molecular flexibility index (Phi) is 6.47. The van der Waals surface area contributed by atoms with Gasteiger partial charge in [-0.2, -0.15) is 0 Å². The molecule has 0 amide bonds. The molecule has 3 nitrogen and oxygen atoms in total. The summed E-state index contributed by atoms with van der Waals surface area (Å²) in [7, 11) is 0. The molecular formula is C50H31N3. The van der Waals surface area contributed by atoms with Gasteiger partial charge in [-0.05, 0) is 84.6 Å². The van der Waals surface area contributed by atoms with Crippen molar-refractivity contribution in [1.82, 2.24) is 15.0 Å². The van der Waals surface area contributed by atoms with Gasteiger partial charge in [0.2, 0.25) is 0 Å². The molecule has 1 aromatic heterocycles. The predicted molar refractivity (Wildman–Crippen MR) is 215 cm³/mol. The zero-order chi connectivity index (χ0) is 34.9. The Balaban J connectivity index is 1.08. The highest BCUT2D eigenvalue weighted by Gasteiger charge is 2.51. The molecule has 0 atom stereocenters. The number of fused-ring (bicyclic) bond motifs is 11. The minimum absolute atomic E-state index is 0.389. The first kappa shape index (κ1) is 29.7. The van der Waals surface area contributed by atoms with E-state index in [0.29, 0.717) is 17.5 Å². The van der Waals surface area contributed by atoms with E-state index in [4.69, 9.17) is 15.0 Å². The third-order valence-corrected chi connectivity index (χ3v) is 11.1. The molecule has 0 aliphatic heterocycles. The summed E-state index contributed by atoms with van der Waals surface area (Å²) in [6, 6.07) is 67.5. The molecule has 0 radical (unpaired) electrons. The number of aromatic nitrogens is 3. The summed E-state index contributed by atoms with van der Waals surface area (Å²) in [5.41, 5.74) is 15.3. The van der Waals surface area contributed by atoms with Crippen molar-refractivity contribution < 1.29 is 0 Å². The second-order valence-electron chi connectivity index (χ2n) is 14.0. The normalized spacial score (nSPS) is 13.1. The minimum Gasteiger partial charge on any atom is -0.208 e. The summed E-state index contributed by atoms with van der Waals surface area (Å²) in [6.07, 6.45) is 0. The summed E-state index contributed by atoms with van der Waals surface area (Å²) in [5.74, 6) is 1.95. The molecule has 0 unspecified atom stereocenters. The third kappa shape index (κ3) is 4.44. The molecular weight excluding hydrogens is 643 g/mol. The lowest BCUT2D eigenvalue weighted by atomic mass is 9.70. The fraction of sp³-hybridized carbons (Fsp3) is 0.0200. The lowest BCUT2D eigenvalue weighted by molar-refractivity contribution is 0.794. The van der Waals surface area contributed by atoms with Crippen molar-refractivity contribution in [2.45, 2.75) is 5.41 Å². The van der Waals surface area contributed by atoms with Crippen LogP contribution < -0.4 is 0 Å². The van der Waals surface area contributed by atoms with Gasteiger partial charge in [-0.3, -0.25) is 0 Å². The zero-order valence-electron chi connectivity index (χ0n) is 28.7. The van der Waals surface area contributed by atoms with Crippen molar-refractivity contribution in [1.29, 1.82) is 0 Å². The van der Waals surface area contributed by atoms with E-state index in [-0.39, 0.29) is 5.41 Å². The maximum Gasteiger partial charge on any atom is 0.164 e. The molecule has 2 aliphatic carbocycles. The predicted octanol–water partition coefficient (Wildman–Crippen LogP) is 12.0. The minimum atomic E-state index is -0.389. The van der Waals surface area contributed by atoms with E-state index < -0.39 is 0 Å². The average Bonchev–Trinajstić information content (AvgIpc) is 3.71. The van der Waals surface area contributed by atoms with Crippen LogP contribution in [0.3, 0.4) is 0 Å². The number of hydrogen-bond acceptors (Lipinski definition) is 3. The van der Waals surface area contributed by atoms with Gasteiger partial charge in [0.25, 0.3) is 0 Å². The van der Waals surface area contributed by atoms with Gasteiger partial charge in [-0.15, -0.1) is 0 Å². The Hall–Kier alpha value is -6.97. The third-order valence-electron chi connectivity index (χ3n) is 11.1. The summed E-state index contributed by atoms with van der Waals surface area (Å²) in [6.45, 7) is 0. The van der Waals surface area contributed by atoms with Gasteiger partial charge in [0.15, 0.2) is 17.5 Å². The van der Waals surface area contributed by atoms with Crippen LogP contribution in [-0.4, -0.2) is 15.0 Å². The average molecular weight is 674 g/mol. The summed E-state index contributed by atoms with van der Waals surface area (Å²) >= 11 is 0.